The van der Waals surface area contributed by atoms with Gasteiger partial charge in [-0.15, -0.1) is 5.10 Å². The zero-order valence-electron chi connectivity index (χ0n) is 11.8. The third-order valence-corrected chi connectivity index (χ3v) is 2.92. The van der Waals surface area contributed by atoms with Crippen LogP contribution in [0.4, 0.5) is 11.6 Å². The number of aromatic nitrogens is 4. The van der Waals surface area contributed by atoms with Gasteiger partial charge in [-0.2, -0.15) is 0 Å². The molecular formula is C15H14N6. The molecule has 6 nitrogen and oxygen atoms in total. The van der Waals surface area contributed by atoms with Gasteiger partial charge in [-0.05, 0) is 30.2 Å². The Balaban J connectivity index is 2.03. The molecule has 3 aromatic heterocycles. The van der Waals surface area contributed by atoms with Crippen LogP contribution in [-0.2, 0) is 0 Å². The van der Waals surface area contributed by atoms with E-state index in [4.69, 9.17) is 5.73 Å². The van der Waals surface area contributed by atoms with E-state index < -0.39 is 0 Å². The van der Waals surface area contributed by atoms with Crippen molar-refractivity contribution >= 4 is 17.3 Å². The molecule has 0 aliphatic carbocycles. The summed E-state index contributed by atoms with van der Waals surface area (Å²) < 4.78 is 1.73. The molecule has 6 heteroatoms. The van der Waals surface area contributed by atoms with Crippen LogP contribution in [0.2, 0.25) is 0 Å². The van der Waals surface area contributed by atoms with Crippen LogP contribution >= 0.6 is 0 Å². The minimum atomic E-state index is 0.452. The Morgan fingerprint density at radius 2 is 2.00 bits per heavy atom. The zero-order valence-corrected chi connectivity index (χ0v) is 11.8. The lowest BCUT2D eigenvalue weighted by Gasteiger charge is -2.10. The molecule has 0 unspecified atom stereocenters. The number of rotatable bonds is 1. The van der Waals surface area contributed by atoms with Crippen molar-refractivity contribution in [2.24, 2.45) is 0 Å². The van der Waals surface area contributed by atoms with Gasteiger partial charge < -0.3 is 10.6 Å². The summed E-state index contributed by atoms with van der Waals surface area (Å²) >= 11 is 0. The first kappa shape index (κ1) is 12.9. The van der Waals surface area contributed by atoms with E-state index in [0.29, 0.717) is 5.82 Å². The van der Waals surface area contributed by atoms with E-state index in [0.717, 1.165) is 22.7 Å². The molecule has 0 saturated carbocycles. The number of anilines is 2. The molecule has 0 saturated heterocycles. The summed E-state index contributed by atoms with van der Waals surface area (Å²) in [5.41, 5.74) is 7.93. The van der Waals surface area contributed by atoms with Crippen molar-refractivity contribution in [3.8, 4) is 11.8 Å². The normalized spacial score (nSPS) is 10.2. The van der Waals surface area contributed by atoms with Crippen molar-refractivity contribution in [1.29, 1.82) is 0 Å². The molecule has 0 fully saturated rings. The summed E-state index contributed by atoms with van der Waals surface area (Å²) in [5, 5.41) is 4.51. The summed E-state index contributed by atoms with van der Waals surface area (Å²) in [6.45, 7) is 0. The largest absolute Gasteiger partial charge is 0.384 e. The SMILES string of the molecule is CN(C)c1ccc2ncc(C#Cc3ccnc(N)c3)n2n1. The smallest absolute Gasteiger partial charge is 0.155 e. The van der Waals surface area contributed by atoms with E-state index in [-0.39, 0.29) is 0 Å². The second-order valence-electron chi connectivity index (χ2n) is 4.72. The predicted molar refractivity (Wildman–Crippen MR) is 81.9 cm³/mol. The van der Waals surface area contributed by atoms with Gasteiger partial charge in [0.25, 0.3) is 0 Å². The molecule has 0 aliphatic rings. The van der Waals surface area contributed by atoms with Crippen molar-refractivity contribution in [2.75, 3.05) is 24.7 Å². The minimum absolute atomic E-state index is 0.452. The number of nitrogen functional groups attached to an aromatic ring is 1. The average molecular weight is 278 g/mol. The van der Waals surface area contributed by atoms with E-state index in [1.807, 2.05) is 37.2 Å². The number of nitrogens with two attached hydrogens (primary N) is 1. The average Bonchev–Trinajstić information content (AvgIpc) is 2.87. The predicted octanol–water partition coefficient (Wildman–Crippen LogP) is 1.17. The van der Waals surface area contributed by atoms with Gasteiger partial charge in [0.2, 0.25) is 0 Å². The molecule has 0 amide bonds. The highest BCUT2D eigenvalue weighted by atomic mass is 15.3. The lowest BCUT2D eigenvalue weighted by Crippen LogP contribution is -2.12. The number of hydrogen-bond donors (Lipinski definition) is 1. The Morgan fingerprint density at radius 1 is 1.14 bits per heavy atom. The Morgan fingerprint density at radius 3 is 2.76 bits per heavy atom. The van der Waals surface area contributed by atoms with Gasteiger partial charge in [0.05, 0.1) is 6.20 Å². The van der Waals surface area contributed by atoms with Crippen LogP contribution in [0.25, 0.3) is 5.65 Å². The molecule has 0 atom stereocenters. The van der Waals surface area contributed by atoms with Crippen LogP contribution in [0.1, 0.15) is 11.3 Å². The fraction of sp³-hybridized carbons (Fsp3) is 0.133. The van der Waals surface area contributed by atoms with Gasteiger partial charge in [-0.25, -0.2) is 14.5 Å². The van der Waals surface area contributed by atoms with Gasteiger partial charge >= 0.3 is 0 Å². The number of nitrogens with zero attached hydrogens (tertiary/aromatic N) is 5. The second-order valence-corrected chi connectivity index (χ2v) is 4.72. The molecule has 0 aromatic carbocycles. The Labute approximate surface area is 122 Å². The van der Waals surface area contributed by atoms with Crippen LogP contribution in [0.3, 0.4) is 0 Å². The summed E-state index contributed by atoms with van der Waals surface area (Å²) in [7, 11) is 3.88. The molecule has 3 rings (SSSR count). The number of fused-ring (bicyclic) bond motifs is 1. The molecule has 0 bridgehead atoms. The maximum Gasteiger partial charge on any atom is 0.155 e. The van der Waals surface area contributed by atoms with Crippen molar-refractivity contribution in [2.45, 2.75) is 0 Å². The van der Waals surface area contributed by atoms with E-state index >= 15 is 0 Å². The molecule has 104 valence electrons. The topological polar surface area (TPSA) is 72.3 Å². The Bertz CT molecular complexity index is 853. The molecule has 0 spiro atoms. The Kier molecular flexibility index (Phi) is 3.16. The third-order valence-electron chi connectivity index (χ3n) is 2.92. The van der Waals surface area contributed by atoms with Crippen molar-refractivity contribution in [3.63, 3.8) is 0 Å². The number of pyridine rings is 1. The van der Waals surface area contributed by atoms with E-state index in [9.17, 15) is 0 Å². The summed E-state index contributed by atoms with van der Waals surface area (Å²) in [5.74, 6) is 7.40. The van der Waals surface area contributed by atoms with Gasteiger partial charge in [-0.1, -0.05) is 5.92 Å². The molecule has 3 heterocycles. The molecule has 21 heavy (non-hydrogen) atoms. The van der Waals surface area contributed by atoms with E-state index in [1.165, 1.54) is 0 Å². The van der Waals surface area contributed by atoms with Crippen molar-refractivity contribution in [1.82, 2.24) is 19.6 Å². The maximum atomic E-state index is 5.64. The van der Waals surface area contributed by atoms with Crippen LogP contribution in [-0.4, -0.2) is 33.7 Å². The second kappa shape index (κ2) is 5.13. The fourth-order valence-electron chi connectivity index (χ4n) is 1.85. The third kappa shape index (κ3) is 2.62. The Hall–Kier alpha value is -3.07. The molecule has 0 radical (unpaired) electrons. The lowest BCUT2D eigenvalue weighted by molar-refractivity contribution is 0.892. The molecule has 2 N–H and O–H groups in total. The summed E-state index contributed by atoms with van der Waals surface area (Å²) in [4.78, 5) is 10.2. The van der Waals surface area contributed by atoms with Gasteiger partial charge in [-0.3, -0.25) is 0 Å². The number of imidazole rings is 1. The van der Waals surface area contributed by atoms with E-state index in [1.54, 1.807) is 23.0 Å². The van der Waals surface area contributed by atoms with Gasteiger partial charge in [0.15, 0.2) is 5.65 Å². The molecular weight excluding hydrogens is 264 g/mol. The van der Waals surface area contributed by atoms with Crippen LogP contribution < -0.4 is 10.6 Å². The maximum absolute atomic E-state index is 5.64. The number of hydrogen-bond acceptors (Lipinski definition) is 5. The lowest BCUT2D eigenvalue weighted by atomic mass is 10.2. The summed E-state index contributed by atoms with van der Waals surface area (Å²) in [6.07, 6.45) is 3.34. The van der Waals surface area contributed by atoms with E-state index in [2.05, 4.69) is 26.9 Å². The van der Waals surface area contributed by atoms with Gasteiger partial charge in [0, 0.05) is 25.9 Å². The van der Waals surface area contributed by atoms with Crippen LogP contribution in [0.15, 0.2) is 36.7 Å². The molecule has 3 aromatic rings. The first-order chi connectivity index (χ1) is 10.1. The van der Waals surface area contributed by atoms with Crippen molar-refractivity contribution < 1.29 is 0 Å². The monoisotopic (exact) mass is 278 g/mol. The summed E-state index contributed by atoms with van der Waals surface area (Å²) in [6, 6.07) is 7.38. The first-order valence-electron chi connectivity index (χ1n) is 6.39. The first-order valence-corrected chi connectivity index (χ1v) is 6.39. The fourth-order valence-corrected chi connectivity index (χ4v) is 1.85. The highest BCUT2D eigenvalue weighted by molar-refractivity contribution is 5.50. The van der Waals surface area contributed by atoms with Crippen molar-refractivity contribution in [3.05, 3.63) is 47.9 Å². The van der Waals surface area contributed by atoms with Crippen LogP contribution in [0.5, 0.6) is 0 Å². The van der Waals surface area contributed by atoms with Gasteiger partial charge in [0.1, 0.15) is 17.3 Å². The minimum Gasteiger partial charge on any atom is -0.384 e. The quantitative estimate of drug-likeness (QED) is 0.677. The highest BCUT2D eigenvalue weighted by Crippen LogP contribution is 2.10. The highest BCUT2D eigenvalue weighted by Gasteiger charge is 2.04. The standard InChI is InChI=1S/C15H14N6/c1-20(2)15-6-5-14-18-10-12(21(14)19-15)4-3-11-7-8-17-13(16)9-11/h5-10H,1-2H3,(H2,16,17). The zero-order chi connectivity index (χ0) is 14.8. The molecule has 0 aliphatic heterocycles. The van der Waals surface area contributed by atoms with Crippen LogP contribution in [0, 0.1) is 11.8 Å².